The van der Waals surface area contributed by atoms with E-state index in [0.29, 0.717) is 10.2 Å². The highest BCUT2D eigenvalue weighted by molar-refractivity contribution is 9.10. The van der Waals surface area contributed by atoms with Crippen molar-refractivity contribution in [3.63, 3.8) is 0 Å². The van der Waals surface area contributed by atoms with Crippen LogP contribution in [0.3, 0.4) is 0 Å². The molecule has 0 saturated heterocycles. The summed E-state index contributed by atoms with van der Waals surface area (Å²) < 4.78 is 51.2. The number of anilines is 2. The number of nitrogens with one attached hydrogen (secondary N) is 2. The molecule has 0 saturated carbocycles. The van der Waals surface area contributed by atoms with E-state index in [1.807, 2.05) is 0 Å². The number of phenolic OH excluding ortho intramolecular Hbond substituents is 1. The minimum atomic E-state index is -4.42. The van der Waals surface area contributed by atoms with Gasteiger partial charge < -0.3 is 15.7 Å². The first-order chi connectivity index (χ1) is 10.7. The van der Waals surface area contributed by atoms with Gasteiger partial charge in [-0.3, -0.25) is 0 Å². The highest BCUT2D eigenvalue weighted by Gasteiger charge is 2.29. The van der Waals surface area contributed by atoms with Crippen molar-refractivity contribution in [2.75, 3.05) is 10.6 Å². The summed E-state index contributed by atoms with van der Waals surface area (Å²) in [6.45, 7) is 0. The molecule has 0 aliphatic carbocycles. The molecule has 23 heavy (non-hydrogen) atoms. The quantitative estimate of drug-likeness (QED) is 0.366. The van der Waals surface area contributed by atoms with Crippen molar-refractivity contribution in [2.45, 2.75) is 6.18 Å². The number of aromatic hydroxyl groups is 1. The van der Waals surface area contributed by atoms with Crippen molar-refractivity contribution in [1.29, 1.82) is 0 Å². The van der Waals surface area contributed by atoms with Gasteiger partial charge in [-0.05, 0) is 48.6 Å². The van der Waals surface area contributed by atoms with Gasteiger partial charge in [-0.2, -0.15) is 13.2 Å². The molecule has 0 bridgehead atoms. The molecule has 0 fully saturated rings. The summed E-state index contributed by atoms with van der Waals surface area (Å²) in [5.41, 5.74) is -0.458. The Kier molecular flexibility index (Phi) is 5.10. The monoisotopic (exact) mass is 408 g/mol. The van der Waals surface area contributed by atoms with Gasteiger partial charge in [0.25, 0.3) is 0 Å². The van der Waals surface area contributed by atoms with E-state index in [0.717, 1.165) is 18.2 Å². The summed E-state index contributed by atoms with van der Waals surface area (Å²) in [7, 11) is 0. The van der Waals surface area contributed by atoms with Gasteiger partial charge >= 0.3 is 6.18 Å². The van der Waals surface area contributed by atoms with E-state index in [9.17, 15) is 22.7 Å². The summed E-state index contributed by atoms with van der Waals surface area (Å²) in [6, 6.07) is 6.70. The summed E-state index contributed by atoms with van der Waals surface area (Å²) in [5.74, 6) is -1.47. The lowest BCUT2D eigenvalue weighted by atomic mass is 10.2. The fourth-order valence-electron chi connectivity index (χ4n) is 1.69. The Hall–Kier alpha value is -1.87. The Morgan fingerprint density at radius 3 is 2.26 bits per heavy atom. The van der Waals surface area contributed by atoms with Crippen LogP contribution in [-0.4, -0.2) is 10.2 Å². The maximum Gasteiger partial charge on any atom is 0.416 e. The van der Waals surface area contributed by atoms with Crippen molar-refractivity contribution in [2.24, 2.45) is 0 Å². The first kappa shape index (κ1) is 17.5. The van der Waals surface area contributed by atoms with Gasteiger partial charge in [-0.25, -0.2) is 4.39 Å². The Bertz CT molecular complexity index is 735. The third-order valence-electron chi connectivity index (χ3n) is 2.75. The second-order valence-electron chi connectivity index (χ2n) is 4.44. The molecule has 2 aromatic carbocycles. The molecule has 0 aliphatic rings. The maximum absolute atomic E-state index is 13.4. The van der Waals surface area contributed by atoms with E-state index < -0.39 is 23.3 Å². The molecular weight excluding hydrogens is 400 g/mol. The second kappa shape index (κ2) is 6.71. The molecule has 122 valence electrons. The van der Waals surface area contributed by atoms with Crippen LogP contribution in [0.5, 0.6) is 5.75 Å². The fourth-order valence-corrected chi connectivity index (χ4v) is 2.35. The number of phenols is 1. The predicted octanol–water partition coefficient (Wildman–Crippen LogP) is 5.12. The maximum atomic E-state index is 13.4. The molecule has 0 heterocycles. The molecule has 2 aromatic rings. The Balaban J connectivity index is 2.08. The Morgan fingerprint density at radius 1 is 1.09 bits per heavy atom. The van der Waals surface area contributed by atoms with Crippen LogP contribution in [0.1, 0.15) is 5.56 Å². The van der Waals surface area contributed by atoms with Crippen LogP contribution in [0.4, 0.5) is 28.9 Å². The molecule has 0 spiro atoms. The second-order valence-corrected chi connectivity index (χ2v) is 5.76. The van der Waals surface area contributed by atoms with Crippen LogP contribution in [0.2, 0.25) is 0 Å². The Morgan fingerprint density at radius 2 is 1.70 bits per heavy atom. The van der Waals surface area contributed by atoms with Crippen molar-refractivity contribution in [3.8, 4) is 5.75 Å². The van der Waals surface area contributed by atoms with Crippen LogP contribution < -0.4 is 10.6 Å². The molecule has 0 amide bonds. The Labute approximate surface area is 142 Å². The standard InChI is InChI=1S/C14H9BrF4N2OS/c15-8-5-10(16)12(22)11(6-8)21-13(23)20-9-3-1-7(2-4-9)14(17,18)19/h1-6,22H,(H2,20,21,23). The van der Waals surface area contributed by atoms with Gasteiger partial charge in [0.2, 0.25) is 0 Å². The molecule has 0 aliphatic heterocycles. The van der Waals surface area contributed by atoms with Crippen LogP contribution >= 0.6 is 28.1 Å². The SMILES string of the molecule is Oc1c(F)cc(Br)cc1NC(=S)Nc1ccc(C(F)(F)F)cc1. The summed E-state index contributed by atoms with van der Waals surface area (Å²) in [4.78, 5) is 0. The van der Waals surface area contributed by atoms with E-state index in [1.54, 1.807) is 0 Å². The molecule has 3 N–H and O–H groups in total. The molecule has 9 heteroatoms. The first-order valence-electron chi connectivity index (χ1n) is 6.10. The van der Waals surface area contributed by atoms with E-state index in [-0.39, 0.29) is 10.8 Å². The van der Waals surface area contributed by atoms with Crippen molar-refractivity contribution < 1.29 is 22.7 Å². The number of rotatable bonds is 2. The van der Waals surface area contributed by atoms with Gasteiger partial charge in [0.05, 0.1) is 11.3 Å². The van der Waals surface area contributed by atoms with Crippen LogP contribution in [0.25, 0.3) is 0 Å². The molecule has 0 unspecified atom stereocenters. The van der Waals surface area contributed by atoms with Crippen molar-refractivity contribution in [1.82, 2.24) is 0 Å². The van der Waals surface area contributed by atoms with Gasteiger partial charge in [-0.1, -0.05) is 15.9 Å². The molecule has 2 rings (SSSR count). The molecular formula is C14H9BrF4N2OS. The molecule has 0 radical (unpaired) electrons. The van der Waals surface area contributed by atoms with Crippen LogP contribution in [0.15, 0.2) is 40.9 Å². The van der Waals surface area contributed by atoms with E-state index >= 15 is 0 Å². The van der Waals surface area contributed by atoms with Gasteiger partial charge in [0.1, 0.15) is 0 Å². The van der Waals surface area contributed by atoms with Gasteiger partial charge in [-0.15, -0.1) is 0 Å². The van der Waals surface area contributed by atoms with Crippen molar-refractivity contribution in [3.05, 3.63) is 52.3 Å². The van der Waals surface area contributed by atoms with Crippen LogP contribution in [-0.2, 0) is 6.18 Å². The minimum absolute atomic E-state index is 0.0151. The predicted molar refractivity (Wildman–Crippen MR) is 87.1 cm³/mol. The van der Waals surface area contributed by atoms with E-state index in [1.165, 1.54) is 18.2 Å². The van der Waals surface area contributed by atoms with E-state index in [4.69, 9.17) is 12.2 Å². The smallest absolute Gasteiger partial charge is 0.416 e. The zero-order valence-corrected chi connectivity index (χ0v) is 13.6. The average Bonchev–Trinajstić information content (AvgIpc) is 2.43. The number of benzene rings is 2. The first-order valence-corrected chi connectivity index (χ1v) is 7.30. The third-order valence-corrected chi connectivity index (χ3v) is 3.41. The highest BCUT2D eigenvalue weighted by Crippen LogP contribution is 2.31. The number of hydrogen-bond donors (Lipinski definition) is 3. The third kappa shape index (κ3) is 4.55. The lowest BCUT2D eigenvalue weighted by molar-refractivity contribution is -0.137. The summed E-state index contributed by atoms with van der Waals surface area (Å²) in [6.07, 6.45) is -4.42. The summed E-state index contributed by atoms with van der Waals surface area (Å²) in [5, 5.41) is 14.8. The lowest BCUT2D eigenvalue weighted by Gasteiger charge is -2.13. The molecule has 0 atom stereocenters. The van der Waals surface area contributed by atoms with E-state index in [2.05, 4.69) is 26.6 Å². The van der Waals surface area contributed by atoms with Gasteiger partial charge in [0, 0.05) is 10.2 Å². The van der Waals surface area contributed by atoms with Gasteiger partial charge in [0.15, 0.2) is 16.7 Å². The lowest BCUT2D eigenvalue weighted by Crippen LogP contribution is -2.19. The number of halogens is 5. The average molecular weight is 409 g/mol. The number of alkyl halides is 3. The summed E-state index contributed by atoms with van der Waals surface area (Å²) >= 11 is 8.05. The molecule has 3 nitrogen and oxygen atoms in total. The normalized spacial score (nSPS) is 11.2. The van der Waals surface area contributed by atoms with Crippen molar-refractivity contribution >= 4 is 44.6 Å². The topological polar surface area (TPSA) is 44.3 Å². The highest BCUT2D eigenvalue weighted by atomic mass is 79.9. The fraction of sp³-hybridized carbons (Fsp3) is 0.0714. The zero-order valence-electron chi connectivity index (χ0n) is 11.2. The molecule has 0 aromatic heterocycles. The van der Waals surface area contributed by atoms with Crippen LogP contribution in [0, 0.1) is 5.82 Å². The largest absolute Gasteiger partial charge is 0.503 e. The minimum Gasteiger partial charge on any atom is -0.503 e. The zero-order chi connectivity index (χ0) is 17.2. The number of thiocarbonyl (C=S) groups is 1. The number of hydrogen-bond acceptors (Lipinski definition) is 2.